The zero-order valence-corrected chi connectivity index (χ0v) is 17.3. The minimum Gasteiger partial charge on any atom is -0.311 e. The summed E-state index contributed by atoms with van der Waals surface area (Å²) in [5, 5.41) is 4.43. The Kier molecular flexibility index (Phi) is 4.69. The van der Waals surface area contributed by atoms with Crippen molar-refractivity contribution in [3.8, 4) is 0 Å². The summed E-state index contributed by atoms with van der Waals surface area (Å²) in [5.74, 6) is 0.145. The molecule has 2 aliphatic heterocycles. The number of carbonyl (C=O) groups excluding carboxylic acids is 1. The van der Waals surface area contributed by atoms with Gasteiger partial charge in [0.05, 0.1) is 0 Å². The van der Waals surface area contributed by atoms with E-state index in [2.05, 4.69) is 5.10 Å². The molecule has 31 heavy (non-hydrogen) atoms. The summed E-state index contributed by atoms with van der Waals surface area (Å²) < 4.78 is 2.40. The highest BCUT2D eigenvalue weighted by molar-refractivity contribution is 5.94. The van der Waals surface area contributed by atoms with E-state index in [1.807, 2.05) is 60.4 Å². The SMILES string of the molecule is Cc1ccc(N2CCn3c2nn(CC(=O)N2CCCc4ccccc42)c(=O)c3=O)cc1. The number of aryl methyl sites for hydroxylation is 2. The first-order chi connectivity index (χ1) is 15.0. The Labute approximate surface area is 179 Å². The maximum atomic E-state index is 13.1. The number of para-hydroxylation sites is 1. The standard InChI is InChI=1S/C23H23N5O3/c1-16-8-10-18(11-9-16)25-13-14-27-21(30)22(31)28(24-23(25)27)15-20(29)26-12-4-6-17-5-2-3-7-19(17)26/h2-3,5,7-11H,4,6,12-15H2,1H3. The summed E-state index contributed by atoms with van der Waals surface area (Å²) in [6, 6.07) is 15.7. The van der Waals surface area contributed by atoms with Gasteiger partial charge in [0, 0.05) is 31.0 Å². The van der Waals surface area contributed by atoms with Crippen LogP contribution in [0.2, 0.25) is 0 Å². The number of hydrogen-bond acceptors (Lipinski definition) is 5. The normalized spacial score (nSPS) is 15.0. The Morgan fingerprint density at radius 1 is 0.968 bits per heavy atom. The number of carbonyl (C=O) groups is 1. The lowest BCUT2D eigenvalue weighted by molar-refractivity contribution is -0.119. The number of amides is 1. The van der Waals surface area contributed by atoms with Crippen LogP contribution >= 0.6 is 0 Å². The zero-order chi connectivity index (χ0) is 21.5. The third-order valence-corrected chi connectivity index (χ3v) is 5.94. The molecule has 8 heteroatoms. The highest BCUT2D eigenvalue weighted by Crippen LogP contribution is 2.28. The second-order valence-electron chi connectivity index (χ2n) is 7.98. The maximum Gasteiger partial charge on any atom is 0.333 e. The molecule has 3 aromatic rings. The fraction of sp³-hybridized carbons (Fsp3) is 0.304. The van der Waals surface area contributed by atoms with E-state index in [-0.39, 0.29) is 12.5 Å². The average Bonchev–Trinajstić information content (AvgIpc) is 3.21. The number of nitrogens with zero attached hydrogens (tertiary/aromatic N) is 5. The first-order valence-electron chi connectivity index (χ1n) is 10.5. The molecule has 0 bridgehead atoms. The Hall–Kier alpha value is -3.68. The molecule has 3 heterocycles. The van der Waals surface area contributed by atoms with Gasteiger partial charge in [0.1, 0.15) is 6.54 Å². The summed E-state index contributed by atoms with van der Waals surface area (Å²) in [7, 11) is 0. The van der Waals surface area contributed by atoms with Crippen LogP contribution in [0.1, 0.15) is 17.5 Å². The summed E-state index contributed by atoms with van der Waals surface area (Å²) in [5.41, 5.74) is 2.59. The minimum atomic E-state index is -0.770. The summed E-state index contributed by atoms with van der Waals surface area (Å²) in [6.45, 7) is 3.26. The van der Waals surface area contributed by atoms with Crippen LogP contribution in [0.4, 0.5) is 17.3 Å². The molecule has 0 spiro atoms. The van der Waals surface area contributed by atoms with Crippen molar-refractivity contribution in [2.75, 3.05) is 22.9 Å². The van der Waals surface area contributed by atoms with Crippen LogP contribution in [0.3, 0.4) is 0 Å². The molecule has 0 saturated heterocycles. The van der Waals surface area contributed by atoms with E-state index in [0.717, 1.165) is 40.0 Å². The van der Waals surface area contributed by atoms with Gasteiger partial charge in [-0.15, -0.1) is 5.10 Å². The number of anilines is 3. The number of fused-ring (bicyclic) bond motifs is 2. The molecule has 0 N–H and O–H groups in total. The lowest BCUT2D eigenvalue weighted by Gasteiger charge is -2.29. The minimum absolute atomic E-state index is 0.244. The Morgan fingerprint density at radius 3 is 2.55 bits per heavy atom. The lowest BCUT2D eigenvalue weighted by Crippen LogP contribution is -2.46. The van der Waals surface area contributed by atoms with E-state index in [9.17, 15) is 14.4 Å². The number of aromatic nitrogens is 3. The van der Waals surface area contributed by atoms with Crippen LogP contribution in [0.5, 0.6) is 0 Å². The third-order valence-electron chi connectivity index (χ3n) is 5.94. The molecule has 158 valence electrons. The molecule has 5 rings (SSSR count). The van der Waals surface area contributed by atoms with Gasteiger partial charge in [-0.2, -0.15) is 0 Å². The van der Waals surface area contributed by atoms with Gasteiger partial charge < -0.3 is 9.80 Å². The molecule has 0 radical (unpaired) electrons. The van der Waals surface area contributed by atoms with Crippen molar-refractivity contribution in [2.24, 2.45) is 0 Å². The van der Waals surface area contributed by atoms with Crippen LogP contribution in [0.15, 0.2) is 58.1 Å². The summed E-state index contributed by atoms with van der Waals surface area (Å²) in [6.07, 6.45) is 1.78. The van der Waals surface area contributed by atoms with Gasteiger partial charge in [0.15, 0.2) is 0 Å². The topological polar surface area (TPSA) is 80.4 Å². The molecule has 0 atom stereocenters. The first-order valence-corrected chi connectivity index (χ1v) is 10.5. The molecule has 1 aromatic heterocycles. The van der Waals surface area contributed by atoms with Crippen LogP contribution in [0.25, 0.3) is 0 Å². The molecule has 2 aliphatic rings. The van der Waals surface area contributed by atoms with Gasteiger partial charge in [-0.25, -0.2) is 4.68 Å². The van der Waals surface area contributed by atoms with Crippen molar-refractivity contribution >= 4 is 23.2 Å². The number of rotatable bonds is 3. The lowest BCUT2D eigenvalue weighted by atomic mass is 10.0. The Morgan fingerprint density at radius 2 is 1.74 bits per heavy atom. The van der Waals surface area contributed by atoms with Crippen LogP contribution in [-0.2, 0) is 24.3 Å². The smallest absolute Gasteiger partial charge is 0.311 e. The van der Waals surface area contributed by atoms with Gasteiger partial charge in [0.2, 0.25) is 11.9 Å². The molecular weight excluding hydrogens is 394 g/mol. The molecule has 0 fully saturated rings. The van der Waals surface area contributed by atoms with Crippen LogP contribution < -0.4 is 20.9 Å². The predicted molar refractivity (Wildman–Crippen MR) is 118 cm³/mol. The van der Waals surface area contributed by atoms with Crippen molar-refractivity contribution in [1.82, 2.24) is 14.3 Å². The third kappa shape index (κ3) is 3.34. The van der Waals surface area contributed by atoms with E-state index in [4.69, 9.17) is 0 Å². The average molecular weight is 417 g/mol. The molecular formula is C23H23N5O3. The van der Waals surface area contributed by atoms with E-state index in [1.54, 1.807) is 4.90 Å². The molecule has 0 unspecified atom stereocenters. The Balaban J connectivity index is 1.49. The number of hydrogen-bond donors (Lipinski definition) is 0. The van der Waals surface area contributed by atoms with Crippen molar-refractivity contribution in [3.63, 3.8) is 0 Å². The van der Waals surface area contributed by atoms with Crippen molar-refractivity contribution in [3.05, 3.63) is 80.4 Å². The highest BCUT2D eigenvalue weighted by atomic mass is 16.2. The first kappa shape index (κ1) is 19.3. The van der Waals surface area contributed by atoms with Crippen molar-refractivity contribution in [1.29, 1.82) is 0 Å². The highest BCUT2D eigenvalue weighted by Gasteiger charge is 2.28. The van der Waals surface area contributed by atoms with Crippen LogP contribution in [0, 0.1) is 6.92 Å². The second kappa shape index (κ2) is 7.54. The molecule has 1 amide bonds. The van der Waals surface area contributed by atoms with Gasteiger partial charge in [-0.3, -0.25) is 19.0 Å². The second-order valence-corrected chi connectivity index (χ2v) is 7.98. The van der Waals surface area contributed by atoms with Gasteiger partial charge >= 0.3 is 11.1 Å². The van der Waals surface area contributed by atoms with E-state index in [0.29, 0.717) is 25.6 Å². The molecule has 0 saturated carbocycles. The van der Waals surface area contributed by atoms with E-state index in [1.165, 1.54) is 4.57 Å². The van der Waals surface area contributed by atoms with Crippen LogP contribution in [-0.4, -0.2) is 33.3 Å². The molecule has 8 nitrogen and oxygen atoms in total. The van der Waals surface area contributed by atoms with Gasteiger partial charge in [-0.1, -0.05) is 35.9 Å². The van der Waals surface area contributed by atoms with Crippen molar-refractivity contribution in [2.45, 2.75) is 32.9 Å². The molecule has 0 aliphatic carbocycles. The van der Waals surface area contributed by atoms with Gasteiger partial charge in [0.25, 0.3) is 0 Å². The zero-order valence-electron chi connectivity index (χ0n) is 17.3. The predicted octanol–water partition coefficient (Wildman–Crippen LogP) is 1.84. The summed E-state index contributed by atoms with van der Waals surface area (Å²) in [4.78, 5) is 42.0. The van der Waals surface area contributed by atoms with Gasteiger partial charge in [-0.05, 0) is 43.5 Å². The molecule has 2 aromatic carbocycles. The maximum absolute atomic E-state index is 13.1. The fourth-order valence-electron chi connectivity index (χ4n) is 4.31. The van der Waals surface area contributed by atoms with E-state index >= 15 is 0 Å². The fourth-order valence-corrected chi connectivity index (χ4v) is 4.31. The Bertz CT molecular complexity index is 1280. The number of benzene rings is 2. The summed E-state index contributed by atoms with van der Waals surface area (Å²) >= 11 is 0. The van der Waals surface area contributed by atoms with Crippen molar-refractivity contribution < 1.29 is 4.79 Å². The largest absolute Gasteiger partial charge is 0.333 e. The quantitative estimate of drug-likeness (QED) is 0.608. The van der Waals surface area contributed by atoms with E-state index < -0.39 is 11.1 Å². The monoisotopic (exact) mass is 417 g/mol.